The second-order valence-corrected chi connectivity index (χ2v) is 8.77. The van der Waals surface area contributed by atoms with Crippen LogP contribution in [-0.4, -0.2) is 39.8 Å². The zero-order valence-electron chi connectivity index (χ0n) is 16.6. The van der Waals surface area contributed by atoms with Crippen molar-refractivity contribution in [3.05, 3.63) is 63.1 Å². The van der Waals surface area contributed by atoms with Gasteiger partial charge in [0.1, 0.15) is 10.6 Å². The third-order valence-corrected chi connectivity index (χ3v) is 6.37. The average Bonchev–Trinajstić information content (AvgIpc) is 3.55. The topological polar surface area (TPSA) is 166 Å². The predicted molar refractivity (Wildman–Crippen MR) is 112 cm³/mol. The quantitative estimate of drug-likeness (QED) is 0.354. The highest BCUT2D eigenvalue weighted by Crippen LogP contribution is 2.40. The van der Waals surface area contributed by atoms with E-state index in [-0.39, 0.29) is 33.7 Å². The summed E-state index contributed by atoms with van der Waals surface area (Å²) in [7, 11) is -3.04. The molecular formula is C19H18N4O8S. The van der Waals surface area contributed by atoms with Crippen LogP contribution in [0.2, 0.25) is 0 Å². The predicted octanol–water partition coefficient (Wildman–Crippen LogP) is 2.10. The van der Waals surface area contributed by atoms with E-state index in [2.05, 4.69) is 4.72 Å². The van der Waals surface area contributed by atoms with Crippen LogP contribution in [-0.2, 0) is 10.0 Å². The number of non-ortho nitro benzene ring substituents is 1. The summed E-state index contributed by atoms with van der Waals surface area (Å²) < 4.78 is 35.0. The molecule has 1 saturated carbocycles. The molecule has 0 atom stereocenters. The van der Waals surface area contributed by atoms with Gasteiger partial charge in [0.25, 0.3) is 27.5 Å². The van der Waals surface area contributed by atoms with Crippen LogP contribution in [0.4, 0.5) is 11.4 Å². The number of nitrogens with one attached hydrogen (secondary N) is 1. The van der Waals surface area contributed by atoms with Crippen LogP contribution >= 0.6 is 0 Å². The lowest BCUT2D eigenvalue weighted by Gasteiger charge is -2.12. The standard InChI is InChI=1S/C19H18N4O8S/c1-31-15-10-14(23(27)28)7-8-16(15)32(29,30)20-11-3-2-4-13(9-11)22-18(25)17(24)21(19(22)26)12-5-6-12/h2-4,7-10,12,20,24-25H,5-6H2,1H3. The molecule has 1 aliphatic rings. The number of nitro groups is 1. The number of imidazole rings is 1. The van der Waals surface area contributed by atoms with E-state index < -0.39 is 32.4 Å². The Morgan fingerprint density at radius 3 is 2.50 bits per heavy atom. The fraction of sp³-hybridized carbons (Fsp3) is 0.211. The highest BCUT2D eigenvalue weighted by atomic mass is 32.2. The van der Waals surface area contributed by atoms with Crippen LogP contribution in [0.1, 0.15) is 18.9 Å². The molecule has 0 aliphatic heterocycles. The maximum atomic E-state index is 12.9. The van der Waals surface area contributed by atoms with E-state index in [1.54, 1.807) is 0 Å². The largest absolute Gasteiger partial charge is 0.495 e. The minimum Gasteiger partial charge on any atom is -0.495 e. The molecule has 32 heavy (non-hydrogen) atoms. The Hall–Kier alpha value is -4.00. The highest BCUT2D eigenvalue weighted by molar-refractivity contribution is 7.92. The summed E-state index contributed by atoms with van der Waals surface area (Å²) >= 11 is 0. The minimum atomic E-state index is -4.23. The van der Waals surface area contributed by atoms with Crippen LogP contribution in [0.5, 0.6) is 17.5 Å². The number of nitrogens with zero attached hydrogens (tertiary/aromatic N) is 3. The third kappa shape index (κ3) is 3.62. The van der Waals surface area contributed by atoms with E-state index in [4.69, 9.17) is 4.74 Å². The number of methoxy groups -OCH3 is 1. The van der Waals surface area contributed by atoms with E-state index >= 15 is 0 Å². The van der Waals surface area contributed by atoms with Gasteiger partial charge in [-0.3, -0.25) is 19.4 Å². The van der Waals surface area contributed by atoms with E-state index in [1.165, 1.54) is 31.4 Å². The number of anilines is 1. The molecule has 2 aromatic carbocycles. The molecular weight excluding hydrogens is 444 g/mol. The van der Waals surface area contributed by atoms with Crippen LogP contribution in [0.3, 0.4) is 0 Å². The first-order valence-corrected chi connectivity index (χ1v) is 10.8. The summed E-state index contributed by atoms with van der Waals surface area (Å²) in [6.45, 7) is 0. The number of nitro benzene ring substituents is 1. The molecule has 0 unspecified atom stereocenters. The molecule has 0 radical (unpaired) electrons. The van der Waals surface area contributed by atoms with E-state index in [1.807, 2.05) is 0 Å². The molecule has 1 fully saturated rings. The van der Waals surface area contributed by atoms with Crippen LogP contribution in [0.15, 0.2) is 52.2 Å². The third-order valence-electron chi connectivity index (χ3n) is 4.95. The number of sulfonamides is 1. The lowest BCUT2D eigenvalue weighted by molar-refractivity contribution is -0.385. The molecule has 12 nitrogen and oxygen atoms in total. The van der Waals surface area contributed by atoms with Crippen molar-refractivity contribution >= 4 is 21.4 Å². The van der Waals surface area contributed by atoms with Gasteiger partial charge in [-0.1, -0.05) is 6.07 Å². The molecule has 0 spiro atoms. The molecule has 1 aliphatic carbocycles. The summed E-state index contributed by atoms with van der Waals surface area (Å²) in [5, 5.41) is 31.3. The van der Waals surface area contributed by atoms with Crippen LogP contribution < -0.4 is 15.1 Å². The molecule has 3 aromatic rings. The second kappa shape index (κ2) is 7.60. The molecule has 1 heterocycles. The van der Waals surface area contributed by atoms with Crippen molar-refractivity contribution in [1.82, 2.24) is 9.13 Å². The Bertz CT molecular complexity index is 1390. The number of hydrogen-bond donors (Lipinski definition) is 3. The van der Waals surface area contributed by atoms with Gasteiger partial charge in [0.2, 0.25) is 0 Å². The van der Waals surface area contributed by atoms with Crippen molar-refractivity contribution < 1.29 is 28.3 Å². The summed E-state index contributed by atoms with van der Waals surface area (Å²) in [4.78, 5) is 22.6. The maximum Gasteiger partial charge on any atom is 0.338 e. The zero-order valence-corrected chi connectivity index (χ0v) is 17.4. The van der Waals surface area contributed by atoms with Gasteiger partial charge in [0.05, 0.1) is 29.5 Å². The molecule has 168 valence electrons. The van der Waals surface area contributed by atoms with E-state index in [0.29, 0.717) is 12.8 Å². The van der Waals surface area contributed by atoms with Gasteiger partial charge in [0, 0.05) is 12.1 Å². The summed E-state index contributed by atoms with van der Waals surface area (Å²) in [5.74, 6) is -1.43. The van der Waals surface area contributed by atoms with Crippen molar-refractivity contribution in [3.63, 3.8) is 0 Å². The van der Waals surface area contributed by atoms with Crippen molar-refractivity contribution in [1.29, 1.82) is 0 Å². The van der Waals surface area contributed by atoms with Gasteiger partial charge in [0.15, 0.2) is 0 Å². The van der Waals surface area contributed by atoms with Gasteiger partial charge in [-0.2, -0.15) is 0 Å². The Balaban J connectivity index is 1.71. The zero-order chi connectivity index (χ0) is 23.2. The highest BCUT2D eigenvalue weighted by Gasteiger charge is 2.32. The normalized spacial score (nSPS) is 13.7. The van der Waals surface area contributed by atoms with E-state index in [0.717, 1.165) is 27.3 Å². The van der Waals surface area contributed by atoms with Crippen LogP contribution in [0.25, 0.3) is 5.69 Å². The first-order chi connectivity index (χ1) is 15.1. The summed E-state index contributed by atoms with van der Waals surface area (Å²) in [5.41, 5.74) is -0.817. The molecule has 0 saturated heterocycles. The Labute approximate surface area is 181 Å². The second-order valence-electron chi connectivity index (χ2n) is 7.11. The van der Waals surface area contributed by atoms with E-state index in [9.17, 15) is 33.5 Å². The Morgan fingerprint density at radius 1 is 1.16 bits per heavy atom. The van der Waals surface area contributed by atoms with Gasteiger partial charge in [-0.15, -0.1) is 0 Å². The van der Waals surface area contributed by atoms with Gasteiger partial charge in [-0.05, 0) is 37.1 Å². The lowest BCUT2D eigenvalue weighted by atomic mass is 10.3. The van der Waals surface area contributed by atoms with Crippen LogP contribution in [0, 0.1) is 10.1 Å². The average molecular weight is 462 g/mol. The molecule has 3 N–H and O–H groups in total. The Morgan fingerprint density at radius 2 is 1.88 bits per heavy atom. The van der Waals surface area contributed by atoms with Crippen molar-refractivity contribution in [3.8, 4) is 23.2 Å². The van der Waals surface area contributed by atoms with Gasteiger partial charge >= 0.3 is 5.69 Å². The molecule has 0 bridgehead atoms. The molecule has 13 heteroatoms. The SMILES string of the molecule is COc1cc([N+](=O)[O-])ccc1S(=O)(=O)Nc1cccc(-n2c(O)c(O)n(C3CC3)c2=O)c1. The minimum absolute atomic E-state index is 0.0490. The first-order valence-electron chi connectivity index (χ1n) is 9.35. The number of benzene rings is 2. The first kappa shape index (κ1) is 21.2. The number of aromatic nitrogens is 2. The molecule has 1 aromatic heterocycles. The van der Waals surface area contributed by atoms with Gasteiger partial charge in [-0.25, -0.2) is 17.8 Å². The fourth-order valence-electron chi connectivity index (χ4n) is 3.30. The molecule has 0 amide bonds. The summed E-state index contributed by atoms with van der Waals surface area (Å²) in [6, 6.07) is 8.52. The fourth-order valence-corrected chi connectivity index (χ4v) is 4.50. The number of ether oxygens (including phenoxy) is 1. The lowest BCUT2D eigenvalue weighted by Crippen LogP contribution is -2.22. The number of rotatable bonds is 7. The smallest absolute Gasteiger partial charge is 0.338 e. The van der Waals surface area contributed by atoms with Crippen molar-refractivity contribution in [2.45, 2.75) is 23.8 Å². The van der Waals surface area contributed by atoms with Crippen molar-refractivity contribution in [2.24, 2.45) is 0 Å². The Kier molecular flexibility index (Phi) is 5.05. The van der Waals surface area contributed by atoms with Crippen molar-refractivity contribution in [2.75, 3.05) is 11.8 Å². The number of hydrogen-bond acceptors (Lipinski definition) is 8. The molecule has 4 rings (SSSR count). The summed E-state index contributed by atoms with van der Waals surface area (Å²) in [6.07, 6.45) is 1.40. The van der Waals surface area contributed by atoms with Gasteiger partial charge < -0.3 is 14.9 Å². The monoisotopic (exact) mass is 462 g/mol. The number of aromatic hydroxyl groups is 2. The maximum absolute atomic E-state index is 12.9.